The molecule has 0 spiro atoms. The monoisotopic (exact) mass is 225 g/mol. The van der Waals surface area contributed by atoms with Gasteiger partial charge < -0.3 is 14.4 Å². The molecule has 1 saturated heterocycles. The molecule has 0 aromatic heterocycles. The van der Waals surface area contributed by atoms with Gasteiger partial charge in [-0.15, -0.1) is 0 Å². The van der Waals surface area contributed by atoms with Crippen molar-refractivity contribution >= 4 is 6.29 Å². The standard InChI is InChI=1S/C13H23NO2/c1-14(9-12-3-2-4-12)10-13(11-15)5-7-16-8-6-13/h11-12H,2-10H2,1H3. The molecule has 92 valence electrons. The van der Waals surface area contributed by atoms with Crippen molar-refractivity contribution in [2.75, 3.05) is 33.4 Å². The van der Waals surface area contributed by atoms with Crippen LogP contribution in [0.5, 0.6) is 0 Å². The summed E-state index contributed by atoms with van der Waals surface area (Å²) in [5.41, 5.74) is -0.128. The minimum Gasteiger partial charge on any atom is -0.381 e. The summed E-state index contributed by atoms with van der Waals surface area (Å²) in [4.78, 5) is 13.7. The first-order valence-corrected chi connectivity index (χ1v) is 6.47. The molecule has 2 rings (SSSR count). The molecule has 0 amide bonds. The minimum atomic E-state index is -0.128. The van der Waals surface area contributed by atoms with Crippen molar-refractivity contribution in [2.24, 2.45) is 11.3 Å². The smallest absolute Gasteiger partial charge is 0.127 e. The van der Waals surface area contributed by atoms with Gasteiger partial charge in [-0.25, -0.2) is 0 Å². The summed E-state index contributed by atoms with van der Waals surface area (Å²) in [7, 11) is 2.15. The molecule has 0 radical (unpaired) electrons. The lowest BCUT2D eigenvalue weighted by atomic mass is 9.80. The molecule has 3 nitrogen and oxygen atoms in total. The van der Waals surface area contributed by atoms with Crippen molar-refractivity contribution in [1.82, 2.24) is 4.90 Å². The largest absolute Gasteiger partial charge is 0.381 e. The molecule has 2 aliphatic rings. The minimum absolute atomic E-state index is 0.128. The van der Waals surface area contributed by atoms with E-state index in [4.69, 9.17) is 4.74 Å². The Labute approximate surface area is 98.1 Å². The summed E-state index contributed by atoms with van der Waals surface area (Å²) in [6.07, 6.45) is 7.11. The number of hydrogen-bond acceptors (Lipinski definition) is 3. The second kappa shape index (κ2) is 5.28. The predicted molar refractivity (Wildman–Crippen MR) is 63.4 cm³/mol. The first-order valence-electron chi connectivity index (χ1n) is 6.47. The van der Waals surface area contributed by atoms with Crippen LogP contribution in [0.3, 0.4) is 0 Å². The van der Waals surface area contributed by atoms with Crippen molar-refractivity contribution in [3.8, 4) is 0 Å². The van der Waals surface area contributed by atoms with Gasteiger partial charge in [0.2, 0.25) is 0 Å². The molecule has 0 N–H and O–H groups in total. The first kappa shape index (κ1) is 12.1. The number of rotatable bonds is 5. The molecule has 0 aromatic carbocycles. The third-order valence-corrected chi connectivity index (χ3v) is 4.12. The zero-order valence-electron chi connectivity index (χ0n) is 10.3. The molecule has 1 saturated carbocycles. The summed E-state index contributed by atoms with van der Waals surface area (Å²) in [6, 6.07) is 0. The van der Waals surface area contributed by atoms with Gasteiger partial charge in [0.15, 0.2) is 0 Å². The molecule has 16 heavy (non-hydrogen) atoms. The van der Waals surface area contributed by atoms with Gasteiger partial charge in [0, 0.05) is 31.7 Å². The zero-order valence-corrected chi connectivity index (χ0v) is 10.3. The van der Waals surface area contributed by atoms with Gasteiger partial charge in [-0.1, -0.05) is 6.42 Å². The van der Waals surface area contributed by atoms with E-state index in [0.29, 0.717) is 0 Å². The van der Waals surface area contributed by atoms with Gasteiger partial charge in [0.05, 0.1) is 0 Å². The molecule has 0 unspecified atom stereocenters. The maximum atomic E-state index is 11.3. The van der Waals surface area contributed by atoms with Crippen LogP contribution in [-0.2, 0) is 9.53 Å². The molecule has 1 aliphatic heterocycles. The molecule has 0 aromatic rings. The lowest BCUT2D eigenvalue weighted by Gasteiger charge is -2.38. The van der Waals surface area contributed by atoms with Crippen LogP contribution in [0.15, 0.2) is 0 Å². The van der Waals surface area contributed by atoms with Gasteiger partial charge in [-0.3, -0.25) is 0 Å². The molecule has 1 heterocycles. The molecular weight excluding hydrogens is 202 g/mol. The lowest BCUT2D eigenvalue weighted by molar-refractivity contribution is -0.123. The summed E-state index contributed by atoms with van der Waals surface area (Å²) in [5.74, 6) is 0.883. The van der Waals surface area contributed by atoms with Crippen molar-refractivity contribution in [3.63, 3.8) is 0 Å². The number of aldehydes is 1. The van der Waals surface area contributed by atoms with Crippen LogP contribution < -0.4 is 0 Å². The van der Waals surface area contributed by atoms with Gasteiger partial charge in [-0.05, 0) is 38.6 Å². The SMILES string of the molecule is CN(CC1CCC1)CC1(C=O)CCOCC1. The normalized spacial score (nSPS) is 25.4. The van der Waals surface area contributed by atoms with E-state index in [1.807, 2.05) is 0 Å². The van der Waals surface area contributed by atoms with Gasteiger partial charge in [0.1, 0.15) is 6.29 Å². The Hall–Kier alpha value is -0.410. The van der Waals surface area contributed by atoms with E-state index in [0.717, 1.165) is 45.1 Å². The Bertz CT molecular complexity index is 232. The summed E-state index contributed by atoms with van der Waals surface area (Å²) in [5, 5.41) is 0. The molecule has 0 bridgehead atoms. The Balaban J connectivity index is 1.81. The van der Waals surface area contributed by atoms with E-state index < -0.39 is 0 Å². The van der Waals surface area contributed by atoms with E-state index in [-0.39, 0.29) is 5.41 Å². The Morgan fingerprint density at radius 3 is 2.56 bits per heavy atom. The molecule has 3 heteroatoms. The van der Waals surface area contributed by atoms with Crippen LogP contribution in [0, 0.1) is 11.3 Å². The van der Waals surface area contributed by atoms with Crippen LogP contribution in [0.1, 0.15) is 32.1 Å². The fourth-order valence-electron chi connectivity index (χ4n) is 2.81. The molecule has 0 atom stereocenters. The highest BCUT2D eigenvalue weighted by atomic mass is 16.5. The van der Waals surface area contributed by atoms with Gasteiger partial charge in [-0.2, -0.15) is 0 Å². The summed E-state index contributed by atoms with van der Waals surface area (Å²) < 4.78 is 5.34. The lowest BCUT2D eigenvalue weighted by Crippen LogP contribution is -2.43. The summed E-state index contributed by atoms with van der Waals surface area (Å²) >= 11 is 0. The van der Waals surface area contributed by atoms with E-state index >= 15 is 0 Å². The molecule has 1 aliphatic carbocycles. The van der Waals surface area contributed by atoms with E-state index in [1.54, 1.807) is 0 Å². The highest BCUT2D eigenvalue weighted by molar-refractivity contribution is 5.60. The number of nitrogens with zero attached hydrogens (tertiary/aromatic N) is 1. The fourth-order valence-corrected chi connectivity index (χ4v) is 2.81. The Kier molecular flexibility index (Phi) is 3.98. The maximum absolute atomic E-state index is 11.3. The van der Waals surface area contributed by atoms with Crippen LogP contribution in [-0.4, -0.2) is 44.5 Å². The van der Waals surface area contributed by atoms with Crippen molar-refractivity contribution < 1.29 is 9.53 Å². The number of hydrogen-bond donors (Lipinski definition) is 0. The zero-order chi connectivity index (χ0) is 11.4. The second-order valence-corrected chi connectivity index (χ2v) is 5.59. The average Bonchev–Trinajstić information content (AvgIpc) is 2.25. The van der Waals surface area contributed by atoms with Gasteiger partial charge >= 0.3 is 0 Å². The third-order valence-electron chi connectivity index (χ3n) is 4.12. The maximum Gasteiger partial charge on any atom is 0.127 e. The van der Waals surface area contributed by atoms with Crippen LogP contribution in [0.25, 0.3) is 0 Å². The number of carbonyl (C=O) groups is 1. The number of carbonyl (C=O) groups excluding carboxylic acids is 1. The van der Waals surface area contributed by atoms with E-state index in [2.05, 4.69) is 11.9 Å². The van der Waals surface area contributed by atoms with Crippen LogP contribution in [0.2, 0.25) is 0 Å². The van der Waals surface area contributed by atoms with Crippen molar-refractivity contribution in [3.05, 3.63) is 0 Å². The van der Waals surface area contributed by atoms with Gasteiger partial charge in [0.25, 0.3) is 0 Å². The van der Waals surface area contributed by atoms with Crippen LogP contribution >= 0.6 is 0 Å². The molecular formula is C13H23NO2. The van der Waals surface area contributed by atoms with Crippen molar-refractivity contribution in [1.29, 1.82) is 0 Å². The summed E-state index contributed by atoms with van der Waals surface area (Å²) in [6.45, 7) is 3.57. The highest BCUT2D eigenvalue weighted by Gasteiger charge is 2.34. The van der Waals surface area contributed by atoms with Crippen LogP contribution in [0.4, 0.5) is 0 Å². The molecule has 2 fully saturated rings. The Morgan fingerprint density at radius 1 is 1.38 bits per heavy atom. The number of ether oxygens (including phenoxy) is 1. The highest BCUT2D eigenvalue weighted by Crippen LogP contribution is 2.31. The van der Waals surface area contributed by atoms with Crippen molar-refractivity contribution in [2.45, 2.75) is 32.1 Å². The van der Waals surface area contributed by atoms with E-state index in [1.165, 1.54) is 25.5 Å². The fraction of sp³-hybridized carbons (Fsp3) is 0.923. The third kappa shape index (κ3) is 2.83. The quantitative estimate of drug-likeness (QED) is 0.667. The Morgan fingerprint density at radius 2 is 2.06 bits per heavy atom. The predicted octanol–water partition coefficient (Wildman–Crippen LogP) is 1.71. The van der Waals surface area contributed by atoms with E-state index in [9.17, 15) is 4.79 Å². The first-order chi connectivity index (χ1) is 7.74. The average molecular weight is 225 g/mol. The topological polar surface area (TPSA) is 29.5 Å². The second-order valence-electron chi connectivity index (χ2n) is 5.59.